The molecule has 0 aliphatic carbocycles. The second-order valence-electron chi connectivity index (χ2n) is 4.85. The molecule has 1 fully saturated rings. The number of carbonyl (C=O) groups is 2. The molecule has 1 aliphatic rings. The monoisotopic (exact) mass is 274 g/mol. The zero-order chi connectivity index (χ0) is 13.5. The Morgan fingerprint density at radius 2 is 2.22 bits per heavy atom. The van der Waals surface area contributed by atoms with Crippen LogP contribution in [0.2, 0.25) is 0 Å². The van der Waals surface area contributed by atoms with E-state index in [-0.39, 0.29) is 25.0 Å². The van der Waals surface area contributed by atoms with Crippen molar-refractivity contribution in [3.8, 4) is 0 Å². The lowest BCUT2D eigenvalue weighted by atomic mass is 10.1. The number of carboxylic acid groups (broad SMARTS) is 1. The van der Waals surface area contributed by atoms with Gasteiger partial charge in [-0.1, -0.05) is 0 Å². The lowest BCUT2D eigenvalue weighted by Crippen LogP contribution is -2.46. The van der Waals surface area contributed by atoms with Crippen molar-refractivity contribution < 1.29 is 14.7 Å². The van der Waals surface area contributed by atoms with Gasteiger partial charge in [0.2, 0.25) is 0 Å². The minimum atomic E-state index is -0.874. The van der Waals surface area contributed by atoms with Gasteiger partial charge in [0.1, 0.15) is 0 Å². The molecule has 1 heterocycles. The van der Waals surface area contributed by atoms with Crippen LogP contribution in [0, 0.1) is 5.92 Å². The van der Waals surface area contributed by atoms with Crippen molar-refractivity contribution in [2.45, 2.75) is 32.7 Å². The van der Waals surface area contributed by atoms with Crippen molar-refractivity contribution in [2.75, 3.05) is 24.6 Å². The van der Waals surface area contributed by atoms with Crippen molar-refractivity contribution in [1.29, 1.82) is 0 Å². The third-order valence-corrected chi connectivity index (χ3v) is 4.25. The van der Waals surface area contributed by atoms with Gasteiger partial charge in [0.25, 0.3) is 0 Å². The summed E-state index contributed by atoms with van der Waals surface area (Å²) < 4.78 is 0. The molecule has 1 aliphatic heterocycles. The molecule has 104 valence electrons. The maximum Gasteiger partial charge on any atom is 0.317 e. The SMILES string of the molecule is CC(C)N(CCC(=O)O)C(=O)NCC1CCSC1. The van der Waals surface area contributed by atoms with Gasteiger partial charge in [-0.3, -0.25) is 4.79 Å². The molecule has 2 amide bonds. The van der Waals surface area contributed by atoms with Gasteiger partial charge in [0, 0.05) is 19.1 Å². The van der Waals surface area contributed by atoms with Crippen molar-refractivity contribution in [1.82, 2.24) is 10.2 Å². The number of rotatable bonds is 6. The van der Waals surface area contributed by atoms with Gasteiger partial charge in [-0.05, 0) is 37.7 Å². The molecule has 5 nitrogen and oxygen atoms in total. The molecule has 0 aromatic carbocycles. The van der Waals surface area contributed by atoms with E-state index < -0.39 is 5.97 Å². The predicted molar refractivity (Wildman–Crippen MR) is 72.9 cm³/mol. The Morgan fingerprint density at radius 3 is 2.72 bits per heavy atom. The highest BCUT2D eigenvalue weighted by Gasteiger charge is 2.20. The normalized spacial score (nSPS) is 18.9. The van der Waals surface area contributed by atoms with Crippen LogP contribution in [0.5, 0.6) is 0 Å². The van der Waals surface area contributed by atoms with Gasteiger partial charge in [-0.25, -0.2) is 4.79 Å². The summed E-state index contributed by atoms with van der Waals surface area (Å²) in [4.78, 5) is 24.1. The third kappa shape index (κ3) is 5.16. The molecule has 1 saturated heterocycles. The van der Waals surface area contributed by atoms with Crippen LogP contribution in [0.4, 0.5) is 4.79 Å². The molecule has 0 aromatic rings. The summed E-state index contributed by atoms with van der Waals surface area (Å²) >= 11 is 1.92. The molecule has 1 unspecified atom stereocenters. The largest absolute Gasteiger partial charge is 0.481 e. The number of amides is 2. The standard InChI is InChI=1S/C12H22N2O3S/c1-9(2)14(5-3-11(15)16)12(17)13-7-10-4-6-18-8-10/h9-10H,3-8H2,1-2H3,(H,13,17)(H,15,16). The average molecular weight is 274 g/mol. The van der Waals surface area contributed by atoms with Gasteiger partial charge >= 0.3 is 12.0 Å². The topological polar surface area (TPSA) is 69.6 Å². The highest BCUT2D eigenvalue weighted by Crippen LogP contribution is 2.22. The highest BCUT2D eigenvalue weighted by molar-refractivity contribution is 7.99. The lowest BCUT2D eigenvalue weighted by molar-refractivity contribution is -0.137. The first-order valence-corrected chi connectivity index (χ1v) is 7.50. The predicted octanol–water partition coefficient (Wildman–Crippen LogP) is 1.63. The Bertz CT molecular complexity index is 291. The minimum Gasteiger partial charge on any atom is -0.481 e. The molecular formula is C12H22N2O3S. The maximum absolute atomic E-state index is 12.0. The Hall–Kier alpha value is -0.910. The fourth-order valence-corrected chi connectivity index (χ4v) is 3.17. The molecule has 0 saturated carbocycles. The summed E-state index contributed by atoms with van der Waals surface area (Å²) in [6.07, 6.45) is 1.15. The fraction of sp³-hybridized carbons (Fsp3) is 0.833. The first-order valence-electron chi connectivity index (χ1n) is 6.34. The van der Waals surface area contributed by atoms with Crippen LogP contribution in [-0.4, -0.2) is 52.6 Å². The molecule has 0 bridgehead atoms. The quantitative estimate of drug-likeness (QED) is 0.772. The molecule has 18 heavy (non-hydrogen) atoms. The van der Waals surface area contributed by atoms with Crippen LogP contribution >= 0.6 is 11.8 Å². The number of thioether (sulfide) groups is 1. The van der Waals surface area contributed by atoms with E-state index in [4.69, 9.17) is 5.11 Å². The number of urea groups is 1. The van der Waals surface area contributed by atoms with E-state index >= 15 is 0 Å². The lowest BCUT2D eigenvalue weighted by Gasteiger charge is -2.27. The second kappa shape index (κ2) is 7.51. The number of carboxylic acids is 1. The van der Waals surface area contributed by atoms with Gasteiger partial charge in [0.05, 0.1) is 6.42 Å². The van der Waals surface area contributed by atoms with Crippen molar-refractivity contribution >= 4 is 23.8 Å². The van der Waals surface area contributed by atoms with Gasteiger partial charge < -0.3 is 15.3 Å². The average Bonchev–Trinajstić information content (AvgIpc) is 2.78. The van der Waals surface area contributed by atoms with Gasteiger partial charge in [-0.2, -0.15) is 11.8 Å². The van der Waals surface area contributed by atoms with E-state index in [0.29, 0.717) is 12.5 Å². The summed E-state index contributed by atoms with van der Waals surface area (Å²) in [7, 11) is 0. The minimum absolute atomic E-state index is 0.00905. The van der Waals surface area contributed by atoms with E-state index in [1.807, 2.05) is 25.6 Å². The number of hydrogen-bond acceptors (Lipinski definition) is 3. The van der Waals surface area contributed by atoms with Crippen molar-refractivity contribution in [2.24, 2.45) is 5.92 Å². The third-order valence-electron chi connectivity index (χ3n) is 3.02. The molecule has 1 atom stereocenters. The van der Waals surface area contributed by atoms with E-state index in [1.54, 1.807) is 4.90 Å². The Labute approximate surface area is 112 Å². The van der Waals surface area contributed by atoms with E-state index in [9.17, 15) is 9.59 Å². The highest BCUT2D eigenvalue weighted by atomic mass is 32.2. The van der Waals surface area contributed by atoms with Crippen LogP contribution in [0.25, 0.3) is 0 Å². The summed E-state index contributed by atoms with van der Waals surface area (Å²) in [5, 5.41) is 11.6. The summed E-state index contributed by atoms with van der Waals surface area (Å²) in [5.74, 6) is 1.97. The van der Waals surface area contributed by atoms with E-state index in [2.05, 4.69) is 5.32 Å². The number of carbonyl (C=O) groups excluding carboxylic acids is 1. The number of nitrogens with one attached hydrogen (secondary N) is 1. The summed E-state index contributed by atoms with van der Waals surface area (Å²) in [6.45, 7) is 4.75. The smallest absolute Gasteiger partial charge is 0.317 e. The fourth-order valence-electron chi connectivity index (χ4n) is 1.89. The Balaban J connectivity index is 2.35. The van der Waals surface area contributed by atoms with Gasteiger partial charge in [0.15, 0.2) is 0 Å². The van der Waals surface area contributed by atoms with Crippen LogP contribution in [0.3, 0.4) is 0 Å². The molecule has 6 heteroatoms. The molecule has 0 spiro atoms. The van der Waals surface area contributed by atoms with Crippen LogP contribution in [0.1, 0.15) is 26.7 Å². The van der Waals surface area contributed by atoms with Crippen LogP contribution < -0.4 is 5.32 Å². The molecule has 1 rings (SSSR count). The molecule has 0 radical (unpaired) electrons. The summed E-state index contributed by atoms with van der Waals surface area (Å²) in [6, 6.07) is -0.134. The molecule has 0 aromatic heterocycles. The van der Waals surface area contributed by atoms with Crippen LogP contribution in [0.15, 0.2) is 0 Å². The number of aliphatic carboxylic acids is 1. The van der Waals surface area contributed by atoms with E-state index in [0.717, 1.165) is 12.2 Å². The van der Waals surface area contributed by atoms with E-state index in [1.165, 1.54) is 5.75 Å². The number of nitrogens with zero attached hydrogens (tertiary/aromatic N) is 1. The molecule has 2 N–H and O–H groups in total. The second-order valence-corrected chi connectivity index (χ2v) is 6.00. The van der Waals surface area contributed by atoms with Crippen molar-refractivity contribution in [3.05, 3.63) is 0 Å². The summed E-state index contributed by atoms with van der Waals surface area (Å²) in [5.41, 5.74) is 0. The first-order chi connectivity index (χ1) is 8.50. The Morgan fingerprint density at radius 1 is 1.50 bits per heavy atom. The zero-order valence-electron chi connectivity index (χ0n) is 11.0. The van der Waals surface area contributed by atoms with Crippen LogP contribution in [-0.2, 0) is 4.79 Å². The maximum atomic E-state index is 12.0. The van der Waals surface area contributed by atoms with Crippen molar-refractivity contribution in [3.63, 3.8) is 0 Å². The molecular weight excluding hydrogens is 252 g/mol. The zero-order valence-corrected chi connectivity index (χ0v) is 11.8. The number of hydrogen-bond donors (Lipinski definition) is 2. The Kier molecular flexibility index (Phi) is 6.32. The van der Waals surface area contributed by atoms with Gasteiger partial charge in [-0.15, -0.1) is 0 Å². The first kappa shape index (κ1) is 15.1.